The highest BCUT2D eigenvalue weighted by Crippen LogP contribution is 2.34. The second-order valence-corrected chi connectivity index (χ2v) is 9.76. The average molecular weight is 500 g/mol. The van der Waals surface area contributed by atoms with Crippen LogP contribution in [0.1, 0.15) is 29.5 Å². The second kappa shape index (κ2) is 10.7. The minimum absolute atomic E-state index is 0.104. The van der Waals surface area contributed by atoms with E-state index in [1.54, 1.807) is 7.05 Å². The van der Waals surface area contributed by atoms with Gasteiger partial charge in [0.15, 0.2) is 0 Å². The first-order valence-corrected chi connectivity index (χ1v) is 12.1. The lowest BCUT2D eigenvalue weighted by Gasteiger charge is -2.41. The summed E-state index contributed by atoms with van der Waals surface area (Å²) in [6, 6.07) is 13.6. The number of halogens is 1. The molecule has 1 aliphatic heterocycles. The van der Waals surface area contributed by atoms with Crippen LogP contribution in [0.5, 0.6) is 5.75 Å². The van der Waals surface area contributed by atoms with Crippen LogP contribution in [0.15, 0.2) is 42.5 Å². The van der Waals surface area contributed by atoms with Crippen LogP contribution >= 0.6 is 11.6 Å². The summed E-state index contributed by atoms with van der Waals surface area (Å²) < 4.78 is 5.86. The predicted octanol–water partition coefficient (Wildman–Crippen LogP) is 3.79. The van der Waals surface area contributed by atoms with E-state index in [9.17, 15) is 19.5 Å². The summed E-state index contributed by atoms with van der Waals surface area (Å²) >= 11 is 6.03. The summed E-state index contributed by atoms with van der Waals surface area (Å²) in [5, 5.41) is 9.99. The Morgan fingerprint density at radius 1 is 1.11 bits per heavy atom. The zero-order valence-electron chi connectivity index (χ0n) is 19.9. The highest BCUT2D eigenvalue weighted by Gasteiger charge is 2.38. The van der Waals surface area contributed by atoms with Gasteiger partial charge in [-0.1, -0.05) is 35.9 Å². The Morgan fingerprint density at radius 3 is 2.37 bits per heavy atom. The molecule has 0 aromatic heterocycles. The molecule has 35 heavy (non-hydrogen) atoms. The van der Waals surface area contributed by atoms with Gasteiger partial charge in [0.1, 0.15) is 18.9 Å². The summed E-state index contributed by atoms with van der Waals surface area (Å²) in [4.78, 5) is 40.1. The molecule has 1 aliphatic carbocycles. The summed E-state index contributed by atoms with van der Waals surface area (Å²) in [6.45, 7) is 3.90. The predicted molar refractivity (Wildman–Crippen MR) is 131 cm³/mol. The van der Waals surface area contributed by atoms with Crippen LogP contribution in [-0.2, 0) is 22.7 Å². The third-order valence-electron chi connectivity index (χ3n) is 6.71. The number of ether oxygens (including phenoxy) is 1. The van der Waals surface area contributed by atoms with E-state index in [2.05, 4.69) is 11.0 Å². The molecule has 1 heterocycles. The number of carboxylic acid groups (broad SMARTS) is 1. The Bertz CT molecular complexity index is 1100. The summed E-state index contributed by atoms with van der Waals surface area (Å²) in [7, 11) is 1.60. The number of likely N-dealkylation sites (N-methyl/N-ethyl adjacent to an activating group) is 1. The molecule has 9 heteroatoms. The fourth-order valence-electron chi connectivity index (χ4n) is 4.57. The van der Waals surface area contributed by atoms with E-state index in [1.165, 1.54) is 9.80 Å². The number of aryl methyl sites for hydroxylation is 1. The summed E-state index contributed by atoms with van der Waals surface area (Å²) in [5.41, 5.74) is 3.19. The van der Waals surface area contributed by atoms with Crippen molar-refractivity contribution in [2.45, 2.75) is 38.9 Å². The van der Waals surface area contributed by atoms with Crippen LogP contribution in [0.3, 0.4) is 0 Å². The van der Waals surface area contributed by atoms with Crippen molar-refractivity contribution < 1.29 is 24.2 Å². The fourth-order valence-corrected chi connectivity index (χ4v) is 4.69. The molecule has 2 aliphatic rings. The summed E-state index contributed by atoms with van der Waals surface area (Å²) in [6.07, 6.45) is 1.29. The molecular formula is C26H30ClN3O5. The molecule has 4 rings (SSSR count). The number of benzene rings is 2. The van der Waals surface area contributed by atoms with E-state index in [0.717, 1.165) is 16.7 Å². The normalized spacial score (nSPS) is 19.9. The first-order chi connectivity index (χ1) is 16.7. The number of carbonyl (C=O) groups is 3. The van der Waals surface area contributed by atoms with Crippen molar-refractivity contribution in [3.8, 4) is 5.75 Å². The number of nitrogens with zero attached hydrogens (tertiary/aromatic N) is 3. The number of urea groups is 1. The maximum atomic E-state index is 12.0. The lowest BCUT2D eigenvalue weighted by molar-refractivity contribution is -0.147. The largest absolute Gasteiger partial charge is 0.491 e. The molecule has 0 unspecified atom stereocenters. The lowest BCUT2D eigenvalue weighted by atomic mass is 9.79. The van der Waals surface area contributed by atoms with Gasteiger partial charge in [-0.05, 0) is 54.7 Å². The van der Waals surface area contributed by atoms with Crippen LogP contribution in [0.4, 0.5) is 4.79 Å². The number of amides is 3. The molecular weight excluding hydrogens is 470 g/mol. The first kappa shape index (κ1) is 25.0. The van der Waals surface area contributed by atoms with Crippen molar-refractivity contribution in [2.24, 2.45) is 5.92 Å². The monoisotopic (exact) mass is 499 g/mol. The third-order valence-corrected chi connectivity index (χ3v) is 6.96. The number of hydrogen-bond acceptors (Lipinski definition) is 5. The van der Waals surface area contributed by atoms with E-state index in [4.69, 9.17) is 16.3 Å². The van der Waals surface area contributed by atoms with Gasteiger partial charge in [0.25, 0.3) is 0 Å². The molecule has 2 aromatic rings. The van der Waals surface area contributed by atoms with Gasteiger partial charge in [0.2, 0.25) is 5.91 Å². The van der Waals surface area contributed by atoms with Gasteiger partial charge in [-0.25, -0.2) is 4.79 Å². The van der Waals surface area contributed by atoms with Crippen molar-refractivity contribution in [3.63, 3.8) is 0 Å². The number of imide groups is 1. The Balaban J connectivity index is 1.38. The molecule has 1 saturated carbocycles. The molecule has 1 N–H and O–H groups in total. The van der Waals surface area contributed by atoms with Gasteiger partial charge in [0.05, 0.1) is 12.5 Å². The van der Waals surface area contributed by atoms with Gasteiger partial charge in [0, 0.05) is 31.2 Å². The van der Waals surface area contributed by atoms with Gasteiger partial charge in [-0.15, -0.1) is 0 Å². The van der Waals surface area contributed by atoms with Gasteiger partial charge < -0.3 is 14.7 Å². The van der Waals surface area contributed by atoms with Crippen LogP contribution in [0.25, 0.3) is 0 Å². The quantitative estimate of drug-likeness (QED) is 0.500. The number of hydrogen-bond donors (Lipinski definition) is 1. The van der Waals surface area contributed by atoms with E-state index in [-0.39, 0.29) is 43.6 Å². The van der Waals surface area contributed by atoms with Crippen LogP contribution in [0, 0.1) is 12.8 Å². The Morgan fingerprint density at radius 2 is 1.77 bits per heavy atom. The number of aliphatic carboxylic acids is 1. The molecule has 3 amide bonds. The fraction of sp³-hybridized carbons (Fsp3) is 0.423. The molecule has 1 saturated heterocycles. The van der Waals surface area contributed by atoms with Crippen molar-refractivity contribution >= 4 is 29.5 Å². The third kappa shape index (κ3) is 5.94. The van der Waals surface area contributed by atoms with Crippen LogP contribution in [0.2, 0.25) is 5.02 Å². The SMILES string of the molecule is Cc1cc(CN(Cc2ccc(Cl)cc2)C2CC(C(=O)O)C2)ccc1OCCN1C(=O)CN(C)C1=O. The minimum Gasteiger partial charge on any atom is -0.491 e. The van der Waals surface area contributed by atoms with Crippen molar-refractivity contribution in [3.05, 3.63) is 64.2 Å². The van der Waals surface area contributed by atoms with E-state index in [1.807, 2.05) is 43.3 Å². The Hall–Kier alpha value is -3.10. The summed E-state index contributed by atoms with van der Waals surface area (Å²) in [5.74, 6) is -0.511. The van der Waals surface area contributed by atoms with E-state index >= 15 is 0 Å². The van der Waals surface area contributed by atoms with Crippen molar-refractivity contribution in [1.82, 2.24) is 14.7 Å². The zero-order chi connectivity index (χ0) is 25.1. The van der Waals surface area contributed by atoms with Gasteiger partial charge in [-0.3, -0.25) is 19.4 Å². The molecule has 0 atom stereocenters. The molecule has 2 aromatic carbocycles. The molecule has 0 radical (unpaired) electrons. The minimum atomic E-state index is -0.728. The second-order valence-electron chi connectivity index (χ2n) is 9.32. The molecule has 2 fully saturated rings. The highest BCUT2D eigenvalue weighted by molar-refractivity contribution is 6.30. The maximum absolute atomic E-state index is 12.0. The standard InChI is InChI=1S/C26H30ClN3O5/c1-17-11-19(5-8-23(17)35-10-9-30-24(31)16-28(2)26(30)34)15-29(22-12-20(13-22)25(32)33)14-18-3-6-21(27)7-4-18/h3-8,11,20,22H,9-10,12-16H2,1-2H3,(H,32,33). The van der Waals surface area contributed by atoms with E-state index < -0.39 is 5.97 Å². The zero-order valence-corrected chi connectivity index (χ0v) is 20.7. The maximum Gasteiger partial charge on any atom is 0.327 e. The van der Waals surface area contributed by atoms with Crippen molar-refractivity contribution in [1.29, 1.82) is 0 Å². The van der Waals surface area contributed by atoms with E-state index in [0.29, 0.717) is 36.7 Å². The van der Waals surface area contributed by atoms with Crippen LogP contribution in [-0.4, -0.2) is 70.5 Å². The Kier molecular flexibility index (Phi) is 7.62. The highest BCUT2D eigenvalue weighted by atomic mass is 35.5. The number of carbonyl (C=O) groups excluding carboxylic acids is 2. The topological polar surface area (TPSA) is 90.4 Å². The first-order valence-electron chi connectivity index (χ1n) is 11.7. The molecule has 186 valence electrons. The molecule has 8 nitrogen and oxygen atoms in total. The smallest absolute Gasteiger partial charge is 0.327 e. The Labute approximate surface area is 210 Å². The average Bonchev–Trinajstić information content (AvgIpc) is 3.01. The van der Waals surface area contributed by atoms with Gasteiger partial charge in [-0.2, -0.15) is 0 Å². The lowest BCUT2D eigenvalue weighted by Crippen LogP contribution is -2.46. The molecule has 0 bridgehead atoms. The molecule has 0 spiro atoms. The van der Waals surface area contributed by atoms with Gasteiger partial charge >= 0.3 is 12.0 Å². The van der Waals surface area contributed by atoms with Crippen LogP contribution < -0.4 is 4.74 Å². The number of rotatable bonds is 10. The number of carboxylic acids is 1. The van der Waals surface area contributed by atoms with Crippen molar-refractivity contribution in [2.75, 3.05) is 26.7 Å².